The Bertz CT molecular complexity index is 526. The van der Waals surface area contributed by atoms with Crippen molar-refractivity contribution in [2.75, 3.05) is 5.32 Å². The molecule has 1 heterocycles. The Labute approximate surface area is 123 Å². The Morgan fingerprint density at radius 3 is 2.39 bits per heavy atom. The van der Waals surface area contributed by atoms with E-state index in [0.29, 0.717) is 6.54 Å². The highest BCUT2D eigenvalue weighted by atomic mass is 79.9. The Balaban J connectivity index is 2.02. The molecule has 0 aliphatic rings. The van der Waals surface area contributed by atoms with Gasteiger partial charge in [0.1, 0.15) is 5.82 Å². The van der Waals surface area contributed by atoms with Crippen LogP contribution in [-0.4, -0.2) is 4.98 Å². The maximum atomic E-state index is 5.56. The van der Waals surface area contributed by atoms with Crippen LogP contribution in [0.5, 0.6) is 0 Å². The first kappa shape index (κ1) is 13.5. The van der Waals surface area contributed by atoms with Crippen molar-refractivity contribution in [3.05, 3.63) is 56.6 Å². The van der Waals surface area contributed by atoms with Gasteiger partial charge in [-0.3, -0.25) is 0 Å². The second-order valence-electron chi connectivity index (χ2n) is 3.86. The molecule has 0 bridgehead atoms. The van der Waals surface area contributed by atoms with Crippen molar-refractivity contribution in [2.45, 2.75) is 13.1 Å². The van der Waals surface area contributed by atoms with Crippen LogP contribution in [0.2, 0.25) is 0 Å². The van der Waals surface area contributed by atoms with Gasteiger partial charge >= 0.3 is 0 Å². The minimum absolute atomic E-state index is 0.577. The average molecular weight is 371 g/mol. The van der Waals surface area contributed by atoms with Gasteiger partial charge in [-0.2, -0.15) is 0 Å². The molecule has 0 aliphatic heterocycles. The highest BCUT2D eigenvalue weighted by Crippen LogP contribution is 2.23. The molecular formula is C13H13Br2N3. The number of aromatic nitrogens is 1. The van der Waals surface area contributed by atoms with E-state index in [9.17, 15) is 0 Å². The highest BCUT2D eigenvalue weighted by molar-refractivity contribution is 9.11. The van der Waals surface area contributed by atoms with Gasteiger partial charge in [-0.15, -0.1) is 0 Å². The zero-order valence-corrected chi connectivity index (χ0v) is 12.8. The maximum absolute atomic E-state index is 5.56. The minimum atomic E-state index is 0.577. The fourth-order valence-electron chi connectivity index (χ4n) is 1.52. The molecule has 0 saturated carbocycles. The van der Waals surface area contributed by atoms with Crippen LogP contribution < -0.4 is 11.1 Å². The number of hydrogen-bond acceptors (Lipinski definition) is 3. The van der Waals surface area contributed by atoms with Gasteiger partial charge in [0.15, 0.2) is 0 Å². The predicted octanol–water partition coefficient (Wildman–Crippen LogP) is 3.68. The molecule has 3 N–H and O–H groups in total. The fourth-order valence-corrected chi connectivity index (χ4v) is 2.65. The van der Waals surface area contributed by atoms with Crippen LogP contribution in [0.15, 0.2) is 45.5 Å². The van der Waals surface area contributed by atoms with Crippen LogP contribution in [0.25, 0.3) is 0 Å². The summed E-state index contributed by atoms with van der Waals surface area (Å²) in [6.45, 7) is 1.31. The van der Waals surface area contributed by atoms with Crippen molar-refractivity contribution in [3.8, 4) is 0 Å². The van der Waals surface area contributed by atoms with Gasteiger partial charge in [0.25, 0.3) is 0 Å². The SMILES string of the molecule is NCc1ccc(CNc2ncc(Br)cc2Br)cc1. The van der Waals surface area contributed by atoms with Gasteiger partial charge in [0.05, 0.1) is 4.47 Å². The lowest BCUT2D eigenvalue weighted by atomic mass is 10.1. The summed E-state index contributed by atoms with van der Waals surface area (Å²) >= 11 is 6.85. The van der Waals surface area contributed by atoms with Crippen molar-refractivity contribution in [1.82, 2.24) is 4.98 Å². The van der Waals surface area contributed by atoms with Crippen molar-refractivity contribution in [2.24, 2.45) is 5.73 Å². The number of pyridine rings is 1. The third-order valence-electron chi connectivity index (χ3n) is 2.53. The number of nitrogens with zero attached hydrogens (tertiary/aromatic N) is 1. The van der Waals surface area contributed by atoms with Crippen LogP contribution in [0, 0.1) is 0 Å². The van der Waals surface area contributed by atoms with Gasteiger partial charge < -0.3 is 11.1 Å². The first-order valence-electron chi connectivity index (χ1n) is 5.52. The molecule has 0 fully saturated rings. The summed E-state index contributed by atoms with van der Waals surface area (Å²) in [7, 11) is 0. The van der Waals surface area contributed by atoms with Crippen LogP contribution in [0.4, 0.5) is 5.82 Å². The number of hydrogen-bond donors (Lipinski definition) is 2. The van der Waals surface area contributed by atoms with E-state index < -0.39 is 0 Å². The summed E-state index contributed by atoms with van der Waals surface area (Å²) in [5, 5.41) is 3.28. The predicted molar refractivity (Wildman–Crippen MR) is 81.3 cm³/mol. The maximum Gasteiger partial charge on any atom is 0.140 e. The Kier molecular flexibility index (Phi) is 4.74. The summed E-state index contributed by atoms with van der Waals surface area (Å²) in [5.41, 5.74) is 7.90. The Hall–Kier alpha value is -0.910. The number of halogens is 2. The quantitative estimate of drug-likeness (QED) is 0.863. The second kappa shape index (κ2) is 6.31. The lowest BCUT2D eigenvalue weighted by Gasteiger charge is -2.08. The summed E-state index contributed by atoms with van der Waals surface area (Å²) in [4.78, 5) is 4.30. The zero-order chi connectivity index (χ0) is 13.0. The minimum Gasteiger partial charge on any atom is -0.365 e. The van der Waals surface area contributed by atoms with Crippen molar-refractivity contribution in [3.63, 3.8) is 0 Å². The Morgan fingerprint density at radius 1 is 1.11 bits per heavy atom. The van der Waals surface area contributed by atoms with Gasteiger partial charge in [-0.25, -0.2) is 4.98 Å². The van der Waals surface area contributed by atoms with E-state index >= 15 is 0 Å². The molecule has 3 nitrogen and oxygen atoms in total. The molecule has 0 atom stereocenters. The summed E-state index contributed by atoms with van der Waals surface area (Å²) in [6, 6.07) is 10.2. The molecule has 0 saturated heterocycles. The molecule has 0 aliphatic carbocycles. The smallest absolute Gasteiger partial charge is 0.140 e. The summed E-state index contributed by atoms with van der Waals surface area (Å²) < 4.78 is 1.89. The van der Waals surface area contributed by atoms with Crippen LogP contribution in [0.3, 0.4) is 0 Å². The second-order valence-corrected chi connectivity index (χ2v) is 5.63. The molecule has 1 aromatic heterocycles. The molecule has 0 spiro atoms. The fraction of sp³-hybridized carbons (Fsp3) is 0.154. The summed E-state index contributed by atoms with van der Waals surface area (Å²) in [5.74, 6) is 0.834. The molecule has 18 heavy (non-hydrogen) atoms. The standard InChI is InChI=1S/C13H13Br2N3/c14-11-5-12(15)13(18-8-11)17-7-10-3-1-9(6-16)2-4-10/h1-5,8H,6-7,16H2,(H,17,18). The molecular weight excluding hydrogens is 358 g/mol. The first-order chi connectivity index (χ1) is 8.69. The molecule has 1 aromatic carbocycles. The third kappa shape index (κ3) is 3.54. The van der Waals surface area contributed by atoms with Crippen molar-refractivity contribution >= 4 is 37.7 Å². The van der Waals surface area contributed by atoms with Gasteiger partial charge in [-0.1, -0.05) is 24.3 Å². The van der Waals surface area contributed by atoms with E-state index in [2.05, 4.69) is 54.3 Å². The third-order valence-corrected chi connectivity index (χ3v) is 3.56. The van der Waals surface area contributed by atoms with Crippen LogP contribution >= 0.6 is 31.9 Å². The zero-order valence-electron chi connectivity index (χ0n) is 9.66. The van der Waals surface area contributed by atoms with Crippen LogP contribution in [-0.2, 0) is 13.1 Å². The number of nitrogens with two attached hydrogens (primary N) is 1. The molecule has 5 heteroatoms. The number of rotatable bonds is 4. The van der Waals surface area contributed by atoms with Gasteiger partial charge in [0, 0.05) is 23.8 Å². The van der Waals surface area contributed by atoms with Crippen molar-refractivity contribution in [1.29, 1.82) is 0 Å². The Morgan fingerprint density at radius 2 is 1.78 bits per heavy atom. The molecule has 94 valence electrons. The van der Waals surface area contributed by atoms with E-state index in [1.165, 1.54) is 5.56 Å². The molecule has 2 rings (SSSR count). The summed E-state index contributed by atoms with van der Waals surface area (Å²) in [6.07, 6.45) is 1.77. The number of anilines is 1. The normalized spacial score (nSPS) is 10.4. The molecule has 2 aromatic rings. The monoisotopic (exact) mass is 369 g/mol. The van der Waals surface area contributed by atoms with Crippen molar-refractivity contribution < 1.29 is 0 Å². The molecule has 0 amide bonds. The van der Waals surface area contributed by atoms with E-state index in [1.807, 2.05) is 18.2 Å². The van der Waals surface area contributed by atoms with E-state index in [4.69, 9.17) is 5.73 Å². The molecule has 0 radical (unpaired) electrons. The number of nitrogens with one attached hydrogen (secondary N) is 1. The van der Waals surface area contributed by atoms with Crippen LogP contribution in [0.1, 0.15) is 11.1 Å². The largest absolute Gasteiger partial charge is 0.365 e. The first-order valence-corrected chi connectivity index (χ1v) is 7.10. The molecule has 0 unspecified atom stereocenters. The highest BCUT2D eigenvalue weighted by Gasteiger charge is 2.02. The topological polar surface area (TPSA) is 50.9 Å². The average Bonchev–Trinajstić information content (AvgIpc) is 2.38. The van der Waals surface area contributed by atoms with E-state index in [1.54, 1.807) is 6.20 Å². The van der Waals surface area contributed by atoms with Gasteiger partial charge in [0.2, 0.25) is 0 Å². The van der Waals surface area contributed by atoms with Gasteiger partial charge in [-0.05, 0) is 49.1 Å². The lowest BCUT2D eigenvalue weighted by molar-refractivity contribution is 1.05. The van der Waals surface area contributed by atoms with E-state index in [-0.39, 0.29) is 0 Å². The number of benzene rings is 1. The van der Waals surface area contributed by atoms with E-state index in [0.717, 1.165) is 26.9 Å². The lowest BCUT2D eigenvalue weighted by Crippen LogP contribution is -2.02.